The van der Waals surface area contributed by atoms with Gasteiger partial charge in [0.25, 0.3) is 0 Å². The average molecular weight is 299 g/mol. The van der Waals surface area contributed by atoms with Crippen LogP contribution in [0.15, 0.2) is 53.4 Å². The van der Waals surface area contributed by atoms with Crippen LogP contribution in [0.1, 0.15) is 0 Å². The van der Waals surface area contributed by atoms with Crippen LogP contribution < -0.4 is 5.73 Å². The molecule has 0 aliphatic rings. The van der Waals surface area contributed by atoms with E-state index in [2.05, 4.69) is 9.97 Å². The van der Waals surface area contributed by atoms with Crippen molar-refractivity contribution in [3.63, 3.8) is 0 Å². The van der Waals surface area contributed by atoms with Crippen LogP contribution in [0.25, 0.3) is 22.2 Å². The first-order valence-electron chi connectivity index (χ1n) is 6.28. The predicted octanol–water partition coefficient (Wildman–Crippen LogP) is 2.28. The number of nitrogens with two attached hydrogens (primary N) is 1. The van der Waals surface area contributed by atoms with E-state index in [4.69, 9.17) is 5.73 Å². The van der Waals surface area contributed by atoms with Crippen molar-refractivity contribution in [3.05, 3.63) is 48.5 Å². The number of sulfone groups is 1. The van der Waals surface area contributed by atoms with Crippen LogP contribution in [0.2, 0.25) is 0 Å². The van der Waals surface area contributed by atoms with Crippen LogP contribution in [-0.2, 0) is 9.84 Å². The summed E-state index contributed by atoms with van der Waals surface area (Å²) in [5.74, 6) is 0.191. The maximum Gasteiger partial charge on any atom is 0.221 e. The van der Waals surface area contributed by atoms with E-state index in [1.54, 1.807) is 24.3 Å². The topological polar surface area (TPSA) is 85.9 Å². The Hall–Kier alpha value is -2.47. The summed E-state index contributed by atoms with van der Waals surface area (Å²) in [6, 6.07) is 14.1. The van der Waals surface area contributed by atoms with Crippen molar-refractivity contribution in [1.82, 2.24) is 9.97 Å². The van der Waals surface area contributed by atoms with Crippen LogP contribution in [0, 0.1) is 0 Å². The van der Waals surface area contributed by atoms with E-state index in [0.717, 1.165) is 16.5 Å². The van der Waals surface area contributed by atoms with Gasteiger partial charge in [-0.25, -0.2) is 18.4 Å². The molecule has 5 nitrogen and oxygen atoms in total. The number of aromatic nitrogens is 2. The molecule has 0 fully saturated rings. The van der Waals surface area contributed by atoms with Crippen molar-refractivity contribution in [2.24, 2.45) is 0 Å². The molecule has 2 aromatic carbocycles. The van der Waals surface area contributed by atoms with E-state index in [9.17, 15) is 8.42 Å². The van der Waals surface area contributed by atoms with E-state index < -0.39 is 9.84 Å². The monoisotopic (exact) mass is 299 g/mol. The molecule has 0 radical (unpaired) electrons. The summed E-state index contributed by atoms with van der Waals surface area (Å²) in [6.07, 6.45) is 1.18. The van der Waals surface area contributed by atoms with Crippen molar-refractivity contribution in [3.8, 4) is 11.3 Å². The molecule has 3 rings (SSSR count). The SMILES string of the molecule is CS(=O)(=O)c1ccc(-c2nc(N)nc3ccccc23)cc1. The lowest BCUT2D eigenvalue weighted by Crippen LogP contribution is -1.99. The second kappa shape index (κ2) is 4.82. The highest BCUT2D eigenvalue weighted by molar-refractivity contribution is 7.90. The zero-order valence-corrected chi connectivity index (χ0v) is 12.1. The van der Waals surface area contributed by atoms with Crippen molar-refractivity contribution < 1.29 is 8.42 Å². The average Bonchev–Trinajstić information content (AvgIpc) is 2.45. The fraction of sp³-hybridized carbons (Fsp3) is 0.0667. The fourth-order valence-corrected chi connectivity index (χ4v) is 2.81. The van der Waals surface area contributed by atoms with Crippen molar-refractivity contribution in [2.75, 3.05) is 12.0 Å². The van der Waals surface area contributed by atoms with E-state index in [1.165, 1.54) is 6.26 Å². The second-order valence-electron chi connectivity index (χ2n) is 4.74. The Morgan fingerprint density at radius 3 is 2.29 bits per heavy atom. The Labute approximate surface area is 122 Å². The summed E-state index contributed by atoms with van der Waals surface area (Å²) in [4.78, 5) is 8.75. The number of nitrogens with zero attached hydrogens (tertiary/aromatic N) is 2. The predicted molar refractivity (Wildman–Crippen MR) is 82.5 cm³/mol. The minimum absolute atomic E-state index is 0.191. The second-order valence-corrected chi connectivity index (χ2v) is 6.76. The Morgan fingerprint density at radius 1 is 0.952 bits per heavy atom. The molecule has 0 aliphatic carbocycles. The number of rotatable bonds is 2. The summed E-state index contributed by atoms with van der Waals surface area (Å²) in [5.41, 5.74) is 7.99. The molecule has 6 heteroatoms. The summed E-state index contributed by atoms with van der Waals surface area (Å²) < 4.78 is 23.0. The molecule has 0 amide bonds. The van der Waals surface area contributed by atoms with Crippen LogP contribution in [0.5, 0.6) is 0 Å². The van der Waals surface area contributed by atoms with Gasteiger partial charge in [0.2, 0.25) is 5.95 Å². The van der Waals surface area contributed by atoms with Gasteiger partial charge < -0.3 is 5.73 Å². The third-order valence-electron chi connectivity index (χ3n) is 3.18. The molecule has 0 atom stereocenters. The van der Waals surface area contributed by atoms with Crippen LogP contribution in [-0.4, -0.2) is 24.6 Å². The standard InChI is InChI=1S/C15H13N3O2S/c1-21(19,20)11-8-6-10(7-9-11)14-12-4-2-3-5-13(12)17-15(16)18-14/h2-9H,1H3,(H2,16,17,18). The van der Waals surface area contributed by atoms with E-state index in [0.29, 0.717) is 5.69 Å². The number of benzene rings is 2. The van der Waals surface area contributed by atoms with Crippen molar-refractivity contribution in [2.45, 2.75) is 4.90 Å². The van der Waals surface area contributed by atoms with E-state index in [-0.39, 0.29) is 10.8 Å². The quantitative estimate of drug-likeness (QED) is 0.784. The van der Waals surface area contributed by atoms with Crippen LogP contribution >= 0.6 is 0 Å². The lowest BCUT2D eigenvalue weighted by Gasteiger charge is -2.07. The number of hydrogen-bond donors (Lipinski definition) is 1. The highest BCUT2D eigenvalue weighted by atomic mass is 32.2. The number of anilines is 1. The molecule has 0 unspecified atom stereocenters. The van der Waals surface area contributed by atoms with Gasteiger partial charge in [-0.15, -0.1) is 0 Å². The van der Waals surface area contributed by atoms with Gasteiger partial charge in [0.1, 0.15) is 0 Å². The Bertz CT molecular complexity index is 919. The zero-order chi connectivity index (χ0) is 15.0. The van der Waals surface area contributed by atoms with Gasteiger partial charge in [0.05, 0.1) is 16.1 Å². The largest absolute Gasteiger partial charge is 0.368 e. The van der Waals surface area contributed by atoms with E-state index in [1.807, 2.05) is 24.3 Å². The first kappa shape index (κ1) is 13.5. The van der Waals surface area contributed by atoms with Crippen LogP contribution in [0.4, 0.5) is 5.95 Å². The van der Waals surface area contributed by atoms with Gasteiger partial charge in [-0.05, 0) is 18.2 Å². The third kappa shape index (κ3) is 2.57. The summed E-state index contributed by atoms with van der Waals surface area (Å²) in [5, 5.41) is 0.874. The highest BCUT2D eigenvalue weighted by Crippen LogP contribution is 2.27. The summed E-state index contributed by atoms with van der Waals surface area (Å²) >= 11 is 0. The first-order chi connectivity index (χ1) is 9.95. The maximum atomic E-state index is 11.5. The van der Waals surface area contributed by atoms with E-state index >= 15 is 0 Å². The fourth-order valence-electron chi connectivity index (χ4n) is 2.17. The van der Waals surface area contributed by atoms with Gasteiger partial charge in [-0.1, -0.05) is 30.3 Å². The van der Waals surface area contributed by atoms with Crippen molar-refractivity contribution in [1.29, 1.82) is 0 Å². The molecule has 21 heavy (non-hydrogen) atoms. The molecular formula is C15H13N3O2S. The highest BCUT2D eigenvalue weighted by Gasteiger charge is 2.10. The molecule has 2 N–H and O–H groups in total. The lowest BCUT2D eigenvalue weighted by atomic mass is 10.1. The molecule has 0 spiro atoms. The normalized spacial score (nSPS) is 11.7. The molecule has 0 saturated heterocycles. The minimum Gasteiger partial charge on any atom is -0.368 e. The van der Waals surface area contributed by atoms with Gasteiger partial charge in [-0.3, -0.25) is 0 Å². The minimum atomic E-state index is -3.21. The smallest absolute Gasteiger partial charge is 0.221 e. The number of para-hydroxylation sites is 1. The molecule has 1 aromatic heterocycles. The molecule has 0 bridgehead atoms. The number of fused-ring (bicyclic) bond motifs is 1. The molecule has 3 aromatic rings. The molecule has 0 saturated carbocycles. The molecule has 1 heterocycles. The maximum absolute atomic E-state index is 11.5. The molecule has 0 aliphatic heterocycles. The van der Waals surface area contributed by atoms with Gasteiger partial charge >= 0.3 is 0 Å². The molecule has 106 valence electrons. The Morgan fingerprint density at radius 2 is 1.62 bits per heavy atom. The number of nitrogen functional groups attached to an aromatic ring is 1. The Balaban J connectivity index is 2.21. The lowest BCUT2D eigenvalue weighted by molar-refractivity contribution is 0.602. The Kier molecular flexibility index (Phi) is 3.10. The van der Waals surface area contributed by atoms with Gasteiger partial charge in [0.15, 0.2) is 9.84 Å². The van der Waals surface area contributed by atoms with Gasteiger partial charge in [-0.2, -0.15) is 0 Å². The first-order valence-corrected chi connectivity index (χ1v) is 8.17. The van der Waals surface area contributed by atoms with Crippen LogP contribution in [0.3, 0.4) is 0 Å². The summed E-state index contributed by atoms with van der Waals surface area (Å²) in [6.45, 7) is 0. The third-order valence-corrected chi connectivity index (χ3v) is 4.30. The molecular weight excluding hydrogens is 286 g/mol. The van der Waals surface area contributed by atoms with Crippen molar-refractivity contribution >= 4 is 26.7 Å². The van der Waals surface area contributed by atoms with Gasteiger partial charge in [0, 0.05) is 17.2 Å². The zero-order valence-electron chi connectivity index (χ0n) is 11.3. The summed E-state index contributed by atoms with van der Waals surface area (Å²) in [7, 11) is -3.21. The number of hydrogen-bond acceptors (Lipinski definition) is 5.